The number of rotatable bonds is 6. The SMILES string of the molecule is O=C(CC1CCNCC1)Nc1cncc(-c2cnc3[nH]nc(-c4cc5c(-c6ccc(F)cc6)ccnc5[nH]4)c3c2)c1. The fraction of sp³-hybridized carbons (Fsp3) is 0.194. The van der Waals surface area contributed by atoms with Crippen LogP contribution >= 0.6 is 0 Å². The number of aromatic nitrogens is 6. The van der Waals surface area contributed by atoms with Gasteiger partial charge in [-0.05, 0) is 79.4 Å². The number of hydrogen-bond acceptors (Lipinski definition) is 6. The Labute approximate surface area is 234 Å². The van der Waals surface area contributed by atoms with Crippen molar-refractivity contribution < 1.29 is 9.18 Å². The summed E-state index contributed by atoms with van der Waals surface area (Å²) in [5, 5.41) is 15.7. The smallest absolute Gasteiger partial charge is 0.224 e. The van der Waals surface area contributed by atoms with Crippen LogP contribution < -0.4 is 10.6 Å². The summed E-state index contributed by atoms with van der Waals surface area (Å²) >= 11 is 0. The molecular formula is C31H27FN8O. The van der Waals surface area contributed by atoms with E-state index in [4.69, 9.17) is 0 Å². The van der Waals surface area contributed by atoms with Crippen molar-refractivity contribution in [2.75, 3.05) is 18.4 Å². The molecule has 1 aliphatic heterocycles. The molecule has 1 saturated heterocycles. The van der Waals surface area contributed by atoms with Crippen LogP contribution in [0.3, 0.4) is 0 Å². The third-order valence-electron chi connectivity index (χ3n) is 7.65. The summed E-state index contributed by atoms with van der Waals surface area (Å²) in [5.74, 6) is 0.138. The summed E-state index contributed by atoms with van der Waals surface area (Å²) < 4.78 is 13.5. The van der Waals surface area contributed by atoms with Gasteiger partial charge in [0.25, 0.3) is 0 Å². The van der Waals surface area contributed by atoms with E-state index >= 15 is 0 Å². The van der Waals surface area contributed by atoms with Crippen LogP contribution in [0.2, 0.25) is 0 Å². The van der Waals surface area contributed by atoms with Gasteiger partial charge in [0.05, 0.1) is 17.6 Å². The molecule has 6 aromatic rings. The number of aromatic amines is 2. The first-order valence-electron chi connectivity index (χ1n) is 13.6. The fourth-order valence-corrected chi connectivity index (χ4v) is 5.53. The second-order valence-electron chi connectivity index (χ2n) is 10.4. The van der Waals surface area contributed by atoms with Crippen molar-refractivity contribution in [2.24, 2.45) is 5.92 Å². The quantitative estimate of drug-likeness (QED) is 0.213. The van der Waals surface area contributed by atoms with Crippen LogP contribution in [0.1, 0.15) is 19.3 Å². The van der Waals surface area contributed by atoms with Gasteiger partial charge in [-0.1, -0.05) is 12.1 Å². The molecule has 9 nitrogen and oxygen atoms in total. The van der Waals surface area contributed by atoms with E-state index in [1.54, 1.807) is 36.9 Å². The lowest BCUT2D eigenvalue weighted by atomic mass is 9.94. The van der Waals surface area contributed by atoms with E-state index in [9.17, 15) is 9.18 Å². The average molecular weight is 547 g/mol. The number of nitrogens with zero attached hydrogens (tertiary/aromatic N) is 4. The molecule has 204 valence electrons. The molecule has 4 N–H and O–H groups in total. The van der Waals surface area contributed by atoms with Crippen LogP contribution in [0.5, 0.6) is 0 Å². The molecule has 5 aromatic heterocycles. The van der Waals surface area contributed by atoms with Crippen LogP contribution in [-0.4, -0.2) is 49.1 Å². The Kier molecular flexibility index (Phi) is 6.44. The van der Waals surface area contributed by atoms with Crippen LogP contribution in [0.15, 0.2) is 73.3 Å². The lowest BCUT2D eigenvalue weighted by Gasteiger charge is -2.21. The number of pyridine rings is 3. The summed E-state index contributed by atoms with van der Waals surface area (Å²) in [7, 11) is 0. The van der Waals surface area contributed by atoms with Crippen molar-refractivity contribution >= 4 is 33.7 Å². The zero-order chi connectivity index (χ0) is 27.8. The molecule has 0 saturated carbocycles. The van der Waals surface area contributed by atoms with Gasteiger partial charge in [-0.2, -0.15) is 5.10 Å². The maximum absolute atomic E-state index is 13.5. The first-order chi connectivity index (χ1) is 20.1. The van der Waals surface area contributed by atoms with Gasteiger partial charge in [0, 0.05) is 46.9 Å². The normalized spacial score (nSPS) is 14.1. The molecule has 0 radical (unpaired) electrons. The Morgan fingerprint density at radius 2 is 1.73 bits per heavy atom. The van der Waals surface area contributed by atoms with Gasteiger partial charge in [-0.15, -0.1) is 0 Å². The van der Waals surface area contributed by atoms with Crippen molar-refractivity contribution in [1.29, 1.82) is 0 Å². The van der Waals surface area contributed by atoms with E-state index in [-0.39, 0.29) is 11.7 Å². The van der Waals surface area contributed by atoms with E-state index in [2.05, 4.69) is 40.8 Å². The maximum Gasteiger partial charge on any atom is 0.224 e. The van der Waals surface area contributed by atoms with Crippen molar-refractivity contribution in [3.05, 3.63) is 79.1 Å². The number of carbonyl (C=O) groups is 1. The zero-order valence-corrected chi connectivity index (χ0v) is 22.1. The third-order valence-corrected chi connectivity index (χ3v) is 7.65. The average Bonchev–Trinajstić information content (AvgIpc) is 3.62. The molecule has 7 rings (SSSR count). The van der Waals surface area contributed by atoms with Gasteiger partial charge >= 0.3 is 0 Å². The Morgan fingerprint density at radius 3 is 2.59 bits per heavy atom. The van der Waals surface area contributed by atoms with Crippen molar-refractivity contribution in [3.8, 4) is 33.6 Å². The van der Waals surface area contributed by atoms with Crippen molar-refractivity contribution in [3.63, 3.8) is 0 Å². The predicted octanol–water partition coefficient (Wildman–Crippen LogP) is 5.70. The van der Waals surface area contributed by atoms with E-state index < -0.39 is 0 Å². The molecule has 10 heteroatoms. The number of nitrogens with one attached hydrogen (secondary N) is 4. The van der Waals surface area contributed by atoms with Gasteiger partial charge in [0.15, 0.2) is 5.65 Å². The van der Waals surface area contributed by atoms with E-state index in [0.29, 0.717) is 35.0 Å². The molecule has 0 unspecified atom stereocenters. The molecule has 1 aliphatic rings. The summed E-state index contributed by atoms with van der Waals surface area (Å²) in [5.41, 5.74) is 7.03. The summed E-state index contributed by atoms with van der Waals surface area (Å²) in [6.07, 6.45) is 9.47. The number of hydrogen-bond donors (Lipinski definition) is 4. The second kappa shape index (κ2) is 10.5. The predicted molar refractivity (Wildman–Crippen MR) is 156 cm³/mol. The van der Waals surface area contributed by atoms with Crippen LogP contribution in [0.25, 0.3) is 55.7 Å². The van der Waals surface area contributed by atoms with E-state index in [1.807, 2.05) is 24.3 Å². The maximum atomic E-state index is 13.5. The van der Waals surface area contributed by atoms with Crippen LogP contribution in [0.4, 0.5) is 10.1 Å². The number of anilines is 1. The minimum Gasteiger partial charge on any atom is -0.338 e. The molecule has 1 fully saturated rings. The molecule has 0 aliphatic carbocycles. The Balaban J connectivity index is 1.19. The highest BCUT2D eigenvalue weighted by Gasteiger charge is 2.18. The number of amides is 1. The topological polar surface area (TPSA) is 124 Å². The number of fused-ring (bicyclic) bond motifs is 2. The molecule has 1 amide bonds. The summed E-state index contributed by atoms with van der Waals surface area (Å²) in [6.45, 7) is 1.93. The first-order valence-corrected chi connectivity index (χ1v) is 13.6. The van der Waals surface area contributed by atoms with Gasteiger partial charge < -0.3 is 15.6 Å². The second-order valence-corrected chi connectivity index (χ2v) is 10.4. The summed E-state index contributed by atoms with van der Waals surface area (Å²) in [6, 6.07) is 14.3. The highest BCUT2D eigenvalue weighted by atomic mass is 19.1. The number of carbonyl (C=O) groups excluding carboxylic acids is 1. The molecule has 0 atom stereocenters. The zero-order valence-electron chi connectivity index (χ0n) is 22.1. The standard InChI is InChI=1S/C31H27FN8O/c32-22-3-1-19(2-4-22)24-7-10-35-30-25(24)14-27(38-30)29-26-13-21(16-36-31(26)40-39-29)20-12-23(17-34-15-20)37-28(41)11-18-5-8-33-9-6-18/h1-4,7,10,12-18,33H,5-6,8-9,11H2,(H,35,38)(H,37,41)(H,36,39,40). The van der Waals surface area contributed by atoms with Crippen molar-refractivity contribution in [1.82, 2.24) is 35.5 Å². The lowest BCUT2D eigenvalue weighted by Crippen LogP contribution is -2.30. The van der Waals surface area contributed by atoms with Crippen LogP contribution in [0, 0.1) is 11.7 Å². The number of H-pyrrole nitrogens is 2. The number of halogens is 1. The van der Waals surface area contributed by atoms with Gasteiger partial charge in [0.1, 0.15) is 17.2 Å². The number of piperidine rings is 1. The minimum atomic E-state index is -0.277. The molecule has 0 spiro atoms. The Morgan fingerprint density at radius 1 is 0.902 bits per heavy atom. The van der Waals surface area contributed by atoms with Gasteiger partial charge in [0.2, 0.25) is 5.91 Å². The summed E-state index contributed by atoms with van der Waals surface area (Å²) in [4.78, 5) is 29.5. The fourth-order valence-electron chi connectivity index (χ4n) is 5.53. The van der Waals surface area contributed by atoms with Crippen LogP contribution in [-0.2, 0) is 4.79 Å². The first kappa shape index (κ1) is 25.0. The lowest BCUT2D eigenvalue weighted by molar-refractivity contribution is -0.117. The van der Waals surface area contributed by atoms with E-state index in [1.165, 1.54) is 12.1 Å². The highest BCUT2D eigenvalue weighted by Crippen LogP contribution is 2.34. The molecule has 41 heavy (non-hydrogen) atoms. The number of benzene rings is 1. The monoisotopic (exact) mass is 546 g/mol. The highest BCUT2D eigenvalue weighted by molar-refractivity contribution is 6.00. The molecular weight excluding hydrogens is 519 g/mol. The molecule has 1 aromatic carbocycles. The largest absolute Gasteiger partial charge is 0.338 e. The Bertz CT molecular complexity index is 1870. The third kappa shape index (κ3) is 5.05. The minimum absolute atomic E-state index is 0.00831. The molecule has 0 bridgehead atoms. The molecule has 6 heterocycles. The Hall–Kier alpha value is -4.96. The van der Waals surface area contributed by atoms with Crippen molar-refractivity contribution in [2.45, 2.75) is 19.3 Å². The van der Waals surface area contributed by atoms with Gasteiger partial charge in [-0.3, -0.25) is 14.9 Å². The van der Waals surface area contributed by atoms with E-state index in [0.717, 1.165) is 64.7 Å². The van der Waals surface area contributed by atoms with Gasteiger partial charge in [-0.25, -0.2) is 14.4 Å².